The number of aliphatic hydroxyl groups is 1. The van der Waals surface area contributed by atoms with Crippen LogP contribution in [0.4, 0.5) is 0 Å². The normalized spacial score (nSPS) is 12.1. The second-order valence-corrected chi connectivity index (χ2v) is 4.75. The van der Waals surface area contributed by atoms with Crippen molar-refractivity contribution in [3.05, 3.63) is 12.2 Å². The van der Waals surface area contributed by atoms with Gasteiger partial charge in [0.15, 0.2) is 0 Å². The van der Waals surface area contributed by atoms with Crippen molar-refractivity contribution in [2.75, 3.05) is 33.3 Å². The molecule has 0 unspecified atom stereocenters. The van der Waals surface area contributed by atoms with E-state index in [-0.39, 0.29) is 12.1 Å². The van der Waals surface area contributed by atoms with Gasteiger partial charge in [0, 0.05) is 18.6 Å². The molecule has 0 spiro atoms. The molecule has 0 fully saturated rings. The first-order valence-corrected chi connectivity index (χ1v) is 5.63. The molecule has 0 amide bonds. The molecule has 0 aliphatic rings. The molecule has 0 heterocycles. The molecule has 2 N–H and O–H groups in total. The SMILES string of the molecule is C=C(CNCCC)CN(C)C(C)(C)CO. The quantitative estimate of drug-likeness (QED) is 0.471. The Labute approximate surface area is 94.2 Å². The van der Waals surface area contributed by atoms with Crippen LogP contribution in [-0.2, 0) is 0 Å². The molecule has 15 heavy (non-hydrogen) atoms. The fraction of sp³-hybridized carbons (Fsp3) is 0.833. The third-order valence-electron chi connectivity index (χ3n) is 2.68. The molecule has 0 aliphatic heterocycles. The summed E-state index contributed by atoms with van der Waals surface area (Å²) in [5.41, 5.74) is 0.987. The summed E-state index contributed by atoms with van der Waals surface area (Å²) in [6, 6.07) is 0. The van der Waals surface area contributed by atoms with E-state index in [0.717, 1.165) is 31.6 Å². The van der Waals surface area contributed by atoms with Crippen LogP contribution in [0.5, 0.6) is 0 Å². The van der Waals surface area contributed by atoms with Crippen molar-refractivity contribution in [1.82, 2.24) is 10.2 Å². The van der Waals surface area contributed by atoms with Gasteiger partial charge in [0.2, 0.25) is 0 Å². The molecule has 0 aliphatic carbocycles. The molecule has 90 valence electrons. The molecule has 0 rings (SSSR count). The van der Waals surface area contributed by atoms with Crippen LogP contribution in [0, 0.1) is 0 Å². The van der Waals surface area contributed by atoms with Gasteiger partial charge in [-0.2, -0.15) is 0 Å². The second kappa shape index (κ2) is 6.99. The summed E-state index contributed by atoms with van der Waals surface area (Å²) in [4.78, 5) is 2.13. The molecule has 0 saturated heterocycles. The van der Waals surface area contributed by atoms with Gasteiger partial charge in [0.25, 0.3) is 0 Å². The van der Waals surface area contributed by atoms with Gasteiger partial charge in [-0.15, -0.1) is 0 Å². The first-order valence-electron chi connectivity index (χ1n) is 5.63. The van der Waals surface area contributed by atoms with Crippen molar-refractivity contribution in [2.24, 2.45) is 0 Å². The maximum atomic E-state index is 9.20. The lowest BCUT2D eigenvalue weighted by Crippen LogP contribution is -2.45. The number of likely N-dealkylation sites (N-methyl/N-ethyl adjacent to an activating group) is 1. The van der Waals surface area contributed by atoms with E-state index >= 15 is 0 Å². The summed E-state index contributed by atoms with van der Waals surface area (Å²) < 4.78 is 0. The fourth-order valence-corrected chi connectivity index (χ4v) is 1.17. The summed E-state index contributed by atoms with van der Waals surface area (Å²) in [7, 11) is 2.02. The minimum atomic E-state index is -0.173. The molecule has 3 heteroatoms. The smallest absolute Gasteiger partial charge is 0.0610 e. The van der Waals surface area contributed by atoms with Crippen LogP contribution in [0.3, 0.4) is 0 Å². The summed E-state index contributed by atoms with van der Waals surface area (Å²) >= 11 is 0. The number of nitrogens with zero attached hydrogens (tertiary/aromatic N) is 1. The van der Waals surface area contributed by atoms with Crippen molar-refractivity contribution in [2.45, 2.75) is 32.7 Å². The van der Waals surface area contributed by atoms with E-state index in [0.29, 0.717) is 0 Å². The maximum Gasteiger partial charge on any atom is 0.0610 e. The Bertz CT molecular complexity index is 190. The molecule has 0 atom stereocenters. The van der Waals surface area contributed by atoms with E-state index in [2.05, 4.69) is 23.7 Å². The average molecular weight is 214 g/mol. The van der Waals surface area contributed by atoms with E-state index in [4.69, 9.17) is 0 Å². The van der Waals surface area contributed by atoms with Crippen molar-refractivity contribution in [1.29, 1.82) is 0 Å². The predicted molar refractivity (Wildman–Crippen MR) is 66.1 cm³/mol. The van der Waals surface area contributed by atoms with Crippen LogP contribution in [0.1, 0.15) is 27.2 Å². The molecule has 0 aromatic rings. The van der Waals surface area contributed by atoms with Crippen LogP contribution in [0.25, 0.3) is 0 Å². The van der Waals surface area contributed by atoms with Gasteiger partial charge in [-0.1, -0.05) is 13.5 Å². The Morgan fingerprint density at radius 1 is 1.47 bits per heavy atom. The first-order chi connectivity index (χ1) is 6.94. The van der Waals surface area contributed by atoms with E-state index in [9.17, 15) is 5.11 Å². The largest absolute Gasteiger partial charge is 0.394 e. The van der Waals surface area contributed by atoms with Crippen LogP contribution in [0.2, 0.25) is 0 Å². The van der Waals surface area contributed by atoms with Crippen molar-refractivity contribution >= 4 is 0 Å². The lowest BCUT2D eigenvalue weighted by Gasteiger charge is -2.34. The number of nitrogens with one attached hydrogen (secondary N) is 1. The molecule has 0 radical (unpaired) electrons. The Morgan fingerprint density at radius 2 is 2.07 bits per heavy atom. The lowest BCUT2D eigenvalue weighted by atomic mass is 10.0. The Hall–Kier alpha value is -0.380. The first kappa shape index (κ1) is 14.6. The van der Waals surface area contributed by atoms with Gasteiger partial charge in [-0.25, -0.2) is 0 Å². The van der Waals surface area contributed by atoms with Gasteiger partial charge in [0.05, 0.1) is 6.61 Å². The van der Waals surface area contributed by atoms with Gasteiger partial charge >= 0.3 is 0 Å². The number of hydrogen-bond donors (Lipinski definition) is 2. The summed E-state index contributed by atoms with van der Waals surface area (Å²) in [5.74, 6) is 0. The van der Waals surface area contributed by atoms with Crippen molar-refractivity contribution in [3.8, 4) is 0 Å². The van der Waals surface area contributed by atoms with Gasteiger partial charge in [-0.3, -0.25) is 4.90 Å². The standard InChI is InChI=1S/C12H26N2O/c1-6-7-13-8-11(2)9-14(5)12(3,4)10-15/h13,15H,2,6-10H2,1,3-5H3. The van der Waals surface area contributed by atoms with E-state index < -0.39 is 0 Å². The zero-order valence-electron chi connectivity index (χ0n) is 10.6. The molecule has 0 aromatic carbocycles. The highest BCUT2D eigenvalue weighted by Crippen LogP contribution is 2.11. The van der Waals surface area contributed by atoms with Crippen LogP contribution in [-0.4, -0.2) is 48.8 Å². The summed E-state index contributed by atoms with van der Waals surface area (Å²) in [5, 5.41) is 12.5. The molecule has 0 saturated carbocycles. The lowest BCUT2D eigenvalue weighted by molar-refractivity contribution is 0.0863. The molecule has 3 nitrogen and oxygen atoms in total. The third-order valence-corrected chi connectivity index (χ3v) is 2.68. The minimum Gasteiger partial charge on any atom is -0.394 e. The van der Waals surface area contributed by atoms with Gasteiger partial charge < -0.3 is 10.4 Å². The van der Waals surface area contributed by atoms with Crippen molar-refractivity contribution < 1.29 is 5.11 Å². The fourth-order valence-electron chi connectivity index (χ4n) is 1.17. The average Bonchev–Trinajstić information content (AvgIpc) is 2.18. The number of rotatable bonds is 8. The highest BCUT2D eigenvalue weighted by atomic mass is 16.3. The Balaban J connectivity index is 3.86. The topological polar surface area (TPSA) is 35.5 Å². The zero-order valence-corrected chi connectivity index (χ0v) is 10.6. The number of aliphatic hydroxyl groups excluding tert-OH is 1. The van der Waals surface area contributed by atoms with E-state index in [1.54, 1.807) is 0 Å². The molecular weight excluding hydrogens is 188 g/mol. The third kappa shape index (κ3) is 5.92. The minimum absolute atomic E-state index is 0.166. The summed E-state index contributed by atoms with van der Waals surface area (Å²) in [6.45, 7) is 13.1. The molecule has 0 aromatic heterocycles. The second-order valence-electron chi connectivity index (χ2n) is 4.75. The van der Waals surface area contributed by atoms with E-state index in [1.165, 1.54) is 0 Å². The Morgan fingerprint density at radius 3 is 2.53 bits per heavy atom. The monoisotopic (exact) mass is 214 g/mol. The van der Waals surface area contributed by atoms with Gasteiger partial charge in [-0.05, 0) is 39.4 Å². The molecule has 0 bridgehead atoms. The predicted octanol–water partition coefficient (Wildman–Crippen LogP) is 1.24. The van der Waals surface area contributed by atoms with Gasteiger partial charge in [0.1, 0.15) is 0 Å². The maximum absolute atomic E-state index is 9.20. The van der Waals surface area contributed by atoms with Crippen molar-refractivity contribution in [3.63, 3.8) is 0 Å². The van der Waals surface area contributed by atoms with Crippen LogP contribution >= 0.6 is 0 Å². The van der Waals surface area contributed by atoms with Crippen LogP contribution in [0.15, 0.2) is 12.2 Å². The van der Waals surface area contributed by atoms with Crippen LogP contribution < -0.4 is 5.32 Å². The zero-order chi connectivity index (χ0) is 11.9. The van der Waals surface area contributed by atoms with E-state index in [1.807, 2.05) is 20.9 Å². The number of hydrogen-bond acceptors (Lipinski definition) is 3. The Kier molecular flexibility index (Phi) is 6.81. The highest BCUT2D eigenvalue weighted by molar-refractivity contribution is 5.01. The highest BCUT2D eigenvalue weighted by Gasteiger charge is 2.22. The summed E-state index contributed by atoms with van der Waals surface area (Å²) in [6.07, 6.45) is 1.14. The molecular formula is C12H26N2O.